The summed E-state index contributed by atoms with van der Waals surface area (Å²) in [6.45, 7) is 2.38. The summed E-state index contributed by atoms with van der Waals surface area (Å²) >= 11 is 3.48. The first-order valence-electron chi connectivity index (χ1n) is 6.79. The number of benzene rings is 2. The first-order valence-corrected chi connectivity index (χ1v) is 7.58. The summed E-state index contributed by atoms with van der Waals surface area (Å²) in [5, 5.41) is 0. The van der Waals surface area contributed by atoms with Crippen molar-refractivity contribution < 1.29 is 9.59 Å². The summed E-state index contributed by atoms with van der Waals surface area (Å²) in [5.74, 6) is 0.0171. The van der Waals surface area contributed by atoms with Crippen LogP contribution in [0.3, 0.4) is 0 Å². The number of Topliss-reactive ketones (excluding diaryl/α,β-unsaturated/α-hetero) is 1. The summed E-state index contributed by atoms with van der Waals surface area (Å²) in [6.07, 6.45) is 0.367. The number of ketones is 1. The summed E-state index contributed by atoms with van der Waals surface area (Å²) in [4.78, 5) is 26.5. The molecule has 106 valence electrons. The molecule has 0 aromatic heterocycles. The molecule has 0 radical (unpaired) electrons. The van der Waals surface area contributed by atoms with Gasteiger partial charge in [-0.2, -0.15) is 0 Å². The Balaban J connectivity index is 2.05. The molecule has 0 saturated carbocycles. The van der Waals surface area contributed by atoms with Crippen molar-refractivity contribution in [3.8, 4) is 0 Å². The number of amides is 1. The number of anilines is 1. The molecule has 0 spiro atoms. The van der Waals surface area contributed by atoms with Crippen molar-refractivity contribution in [2.75, 3.05) is 11.4 Å². The third kappa shape index (κ3) is 2.40. The largest absolute Gasteiger partial charge is 0.307 e. The topological polar surface area (TPSA) is 37.4 Å². The smallest absolute Gasteiger partial charge is 0.259 e. The number of carbonyl (C=O) groups excluding carboxylic acids is 2. The molecule has 0 fully saturated rings. The Morgan fingerprint density at radius 1 is 1.14 bits per heavy atom. The Morgan fingerprint density at radius 3 is 2.71 bits per heavy atom. The fourth-order valence-electron chi connectivity index (χ4n) is 2.58. The molecule has 0 saturated heterocycles. The van der Waals surface area contributed by atoms with E-state index in [0.29, 0.717) is 29.8 Å². The molecule has 1 amide bonds. The van der Waals surface area contributed by atoms with Crippen molar-refractivity contribution in [3.05, 3.63) is 63.6 Å². The van der Waals surface area contributed by atoms with Gasteiger partial charge in [-0.05, 0) is 46.6 Å². The van der Waals surface area contributed by atoms with Crippen LogP contribution in [0.25, 0.3) is 0 Å². The highest BCUT2D eigenvalue weighted by molar-refractivity contribution is 9.10. The third-order valence-electron chi connectivity index (χ3n) is 3.73. The van der Waals surface area contributed by atoms with Gasteiger partial charge < -0.3 is 4.90 Å². The van der Waals surface area contributed by atoms with E-state index in [1.165, 1.54) is 0 Å². The fraction of sp³-hybridized carbons (Fsp3) is 0.176. The van der Waals surface area contributed by atoms with Crippen molar-refractivity contribution in [1.82, 2.24) is 0 Å². The van der Waals surface area contributed by atoms with Gasteiger partial charge in [0.25, 0.3) is 5.91 Å². The Kier molecular flexibility index (Phi) is 3.64. The third-order valence-corrected chi connectivity index (χ3v) is 4.78. The van der Waals surface area contributed by atoms with Gasteiger partial charge in [-0.15, -0.1) is 0 Å². The van der Waals surface area contributed by atoms with Gasteiger partial charge in [-0.3, -0.25) is 9.59 Å². The van der Waals surface area contributed by atoms with Crippen molar-refractivity contribution in [2.24, 2.45) is 0 Å². The van der Waals surface area contributed by atoms with E-state index < -0.39 is 0 Å². The molecule has 2 aromatic rings. The fourth-order valence-corrected chi connectivity index (χ4v) is 3.02. The van der Waals surface area contributed by atoms with Crippen LogP contribution in [-0.4, -0.2) is 18.2 Å². The van der Waals surface area contributed by atoms with Crippen LogP contribution in [0.15, 0.2) is 46.9 Å². The van der Waals surface area contributed by atoms with Gasteiger partial charge in [0.2, 0.25) is 0 Å². The lowest BCUT2D eigenvalue weighted by Crippen LogP contribution is -2.37. The molecule has 1 aliphatic heterocycles. The molecule has 0 bridgehead atoms. The lowest BCUT2D eigenvalue weighted by atomic mass is 9.99. The highest BCUT2D eigenvalue weighted by Crippen LogP contribution is 2.30. The molecule has 3 nitrogen and oxygen atoms in total. The molecular weight excluding hydrogens is 330 g/mol. The molecule has 3 rings (SSSR count). The highest BCUT2D eigenvalue weighted by atomic mass is 79.9. The number of carbonyl (C=O) groups is 2. The molecule has 0 unspecified atom stereocenters. The van der Waals surface area contributed by atoms with Crippen LogP contribution in [0.5, 0.6) is 0 Å². The van der Waals surface area contributed by atoms with E-state index >= 15 is 0 Å². The van der Waals surface area contributed by atoms with E-state index in [1.54, 1.807) is 17.0 Å². The molecule has 1 aliphatic rings. The number of para-hydroxylation sites is 1. The van der Waals surface area contributed by atoms with Crippen LogP contribution in [0.1, 0.15) is 32.7 Å². The van der Waals surface area contributed by atoms with Gasteiger partial charge in [0, 0.05) is 23.0 Å². The molecule has 0 N–H and O–H groups in total. The van der Waals surface area contributed by atoms with Crippen LogP contribution in [0, 0.1) is 6.92 Å². The highest BCUT2D eigenvalue weighted by Gasteiger charge is 2.28. The quantitative estimate of drug-likeness (QED) is 0.784. The van der Waals surface area contributed by atoms with Crippen LogP contribution in [0.2, 0.25) is 0 Å². The average Bonchev–Trinajstić information content (AvgIpc) is 2.50. The van der Waals surface area contributed by atoms with Gasteiger partial charge in [0.05, 0.1) is 11.3 Å². The zero-order chi connectivity index (χ0) is 15.0. The molecule has 1 heterocycles. The van der Waals surface area contributed by atoms with Crippen molar-refractivity contribution in [3.63, 3.8) is 0 Å². The lowest BCUT2D eigenvalue weighted by Gasteiger charge is -2.29. The zero-order valence-corrected chi connectivity index (χ0v) is 13.2. The zero-order valence-electron chi connectivity index (χ0n) is 11.6. The summed E-state index contributed by atoms with van der Waals surface area (Å²) < 4.78 is 0.810. The number of rotatable bonds is 1. The van der Waals surface area contributed by atoms with Crippen LogP contribution >= 0.6 is 15.9 Å². The molecule has 21 heavy (non-hydrogen) atoms. The predicted octanol–water partition coefficient (Wildman–Crippen LogP) is 3.99. The summed E-state index contributed by atoms with van der Waals surface area (Å²) in [6, 6.07) is 12.9. The molecule has 4 heteroatoms. The maximum Gasteiger partial charge on any atom is 0.259 e. The molecular formula is C17H14BrNO2. The number of hydrogen-bond acceptors (Lipinski definition) is 2. The van der Waals surface area contributed by atoms with E-state index in [2.05, 4.69) is 15.9 Å². The van der Waals surface area contributed by atoms with Crippen LogP contribution in [-0.2, 0) is 0 Å². The standard InChI is InChI=1S/C17H14BrNO2/c1-11-5-4-7-13(16(11)18)17(21)19-10-9-15(20)12-6-2-3-8-14(12)19/h2-8H,9-10H2,1H3. The number of halogens is 1. The first-order chi connectivity index (χ1) is 10.1. The van der Waals surface area contributed by atoms with Gasteiger partial charge >= 0.3 is 0 Å². The number of aryl methyl sites for hydroxylation is 1. The second-order valence-corrected chi connectivity index (χ2v) is 5.88. The minimum Gasteiger partial charge on any atom is -0.307 e. The molecule has 0 aliphatic carbocycles. The summed E-state index contributed by atoms with van der Waals surface area (Å²) in [5.41, 5.74) is 2.97. The second kappa shape index (κ2) is 5.45. The maximum atomic E-state index is 12.8. The Bertz CT molecular complexity index is 739. The number of fused-ring (bicyclic) bond motifs is 1. The van der Waals surface area contributed by atoms with Gasteiger partial charge in [0.15, 0.2) is 5.78 Å². The molecule has 0 atom stereocenters. The minimum absolute atomic E-state index is 0.0782. The Labute approximate surface area is 131 Å². The predicted molar refractivity (Wildman–Crippen MR) is 85.9 cm³/mol. The maximum absolute atomic E-state index is 12.8. The van der Waals surface area contributed by atoms with Crippen molar-refractivity contribution >= 4 is 33.3 Å². The minimum atomic E-state index is -0.0782. The van der Waals surface area contributed by atoms with Crippen molar-refractivity contribution in [2.45, 2.75) is 13.3 Å². The second-order valence-electron chi connectivity index (χ2n) is 5.08. The van der Waals surface area contributed by atoms with Gasteiger partial charge in [0.1, 0.15) is 0 Å². The van der Waals surface area contributed by atoms with Crippen LogP contribution in [0.4, 0.5) is 5.69 Å². The Hall–Kier alpha value is -1.94. The van der Waals surface area contributed by atoms with Gasteiger partial charge in [-0.25, -0.2) is 0 Å². The normalized spacial score (nSPS) is 14.0. The van der Waals surface area contributed by atoms with E-state index in [4.69, 9.17) is 0 Å². The SMILES string of the molecule is Cc1cccc(C(=O)N2CCC(=O)c3ccccc32)c1Br. The van der Waals surface area contributed by atoms with Gasteiger partial charge in [-0.1, -0.05) is 24.3 Å². The van der Waals surface area contributed by atoms with E-state index in [-0.39, 0.29) is 11.7 Å². The first kappa shape index (κ1) is 14.0. The van der Waals surface area contributed by atoms with E-state index in [1.807, 2.05) is 37.3 Å². The lowest BCUT2D eigenvalue weighted by molar-refractivity contribution is 0.0954. The van der Waals surface area contributed by atoms with Crippen molar-refractivity contribution in [1.29, 1.82) is 0 Å². The number of hydrogen-bond donors (Lipinski definition) is 0. The van der Waals surface area contributed by atoms with Crippen LogP contribution < -0.4 is 4.90 Å². The average molecular weight is 344 g/mol. The Morgan fingerprint density at radius 2 is 1.90 bits per heavy atom. The number of nitrogens with zero attached hydrogens (tertiary/aromatic N) is 1. The van der Waals surface area contributed by atoms with E-state index in [9.17, 15) is 9.59 Å². The molecule has 2 aromatic carbocycles. The summed E-state index contributed by atoms with van der Waals surface area (Å²) in [7, 11) is 0. The monoisotopic (exact) mass is 343 g/mol. The van der Waals surface area contributed by atoms with E-state index in [0.717, 1.165) is 10.0 Å².